The highest BCUT2D eigenvalue weighted by Crippen LogP contribution is 2.00. The molecule has 37 valence electrons. The van der Waals surface area contributed by atoms with E-state index in [4.69, 9.17) is 0 Å². The zero-order valence-corrected chi connectivity index (χ0v) is 4.66. The molecule has 0 bridgehead atoms. The molecule has 0 aliphatic carbocycles. The molecule has 0 aromatic carbocycles. The van der Waals surface area contributed by atoms with Gasteiger partial charge in [-0.05, 0) is 29.9 Å². The molecule has 0 saturated carbocycles. The highest BCUT2D eigenvalue weighted by Gasteiger charge is 1.78. The molecule has 7 heavy (non-hydrogen) atoms. The molecule has 1 aliphatic rings. The molecule has 1 rings (SSSR count). The maximum Gasteiger partial charge on any atom is 0.0114 e. The third-order valence-electron chi connectivity index (χ3n) is 0.629. The van der Waals surface area contributed by atoms with Crippen molar-refractivity contribution in [3.8, 4) is 0 Å². The summed E-state index contributed by atoms with van der Waals surface area (Å²) in [4.78, 5) is 0. The van der Waals surface area contributed by atoms with E-state index in [1.807, 2.05) is 11.6 Å². The lowest BCUT2D eigenvalue weighted by molar-refractivity contribution is 1.29. The Morgan fingerprint density at radius 3 is 3.71 bits per heavy atom. The molecule has 0 spiro atoms. The van der Waals surface area contributed by atoms with Gasteiger partial charge < -0.3 is 4.72 Å². The molecular formula is C5H6NS. The van der Waals surface area contributed by atoms with Crippen LogP contribution in [0.1, 0.15) is 6.42 Å². The summed E-state index contributed by atoms with van der Waals surface area (Å²) in [6, 6.07) is 0. The summed E-state index contributed by atoms with van der Waals surface area (Å²) >= 11 is 1.57. The van der Waals surface area contributed by atoms with E-state index in [-0.39, 0.29) is 0 Å². The van der Waals surface area contributed by atoms with E-state index in [2.05, 4.69) is 16.9 Å². The van der Waals surface area contributed by atoms with Crippen molar-refractivity contribution in [3.05, 3.63) is 23.8 Å². The lowest BCUT2D eigenvalue weighted by atomic mass is 10.4. The first kappa shape index (κ1) is 4.78. The van der Waals surface area contributed by atoms with Crippen LogP contribution in [0.5, 0.6) is 0 Å². The maximum atomic E-state index is 3.00. The first-order valence-electron chi connectivity index (χ1n) is 2.11. The van der Waals surface area contributed by atoms with Crippen LogP contribution in [0.25, 0.3) is 0 Å². The van der Waals surface area contributed by atoms with Crippen LogP contribution < -0.4 is 4.72 Å². The summed E-state index contributed by atoms with van der Waals surface area (Å²) in [5.74, 6) is 0. The maximum absolute atomic E-state index is 3.00. The number of allylic oxidation sites excluding steroid dienone is 2. The van der Waals surface area contributed by atoms with Crippen LogP contribution in [0.4, 0.5) is 0 Å². The van der Waals surface area contributed by atoms with Gasteiger partial charge >= 0.3 is 0 Å². The van der Waals surface area contributed by atoms with Gasteiger partial charge in [0.05, 0.1) is 0 Å². The standard InChI is InChI=1S/C5H6NS/c1-2-4-6-7-5-3-1/h3-6H,1H2. The summed E-state index contributed by atoms with van der Waals surface area (Å²) in [5, 5.41) is 2.01. The predicted octanol–water partition coefficient (Wildman–Crippen LogP) is 1.46. The van der Waals surface area contributed by atoms with Gasteiger partial charge in [-0.2, -0.15) is 0 Å². The summed E-state index contributed by atoms with van der Waals surface area (Å²) in [7, 11) is 0. The molecule has 1 radical (unpaired) electrons. The number of nitrogens with one attached hydrogen (secondary N) is 1. The molecule has 1 heterocycles. The quantitative estimate of drug-likeness (QED) is 0.476. The van der Waals surface area contributed by atoms with E-state index >= 15 is 0 Å². The topological polar surface area (TPSA) is 12.0 Å². The van der Waals surface area contributed by atoms with Gasteiger partial charge in [-0.15, -0.1) is 0 Å². The Balaban J connectivity index is 2.38. The van der Waals surface area contributed by atoms with Gasteiger partial charge in [-0.3, -0.25) is 0 Å². The molecule has 0 saturated heterocycles. The fourth-order valence-corrected chi connectivity index (χ4v) is 0.761. The van der Waals surface area contributed by atoms with E-state index in [9.17, 15) is 0 Å². The summed E-state index contributed by atoms with van der Waals surface area (Å²) < 4.78 is 2.94. The van der Waals surface area contributed by atoms with Crippen molar-refractivity contribution in [1.29, 1.82) is 0 Å². The summed E-state index contributed by atoms with van der Waals surface area (Å²) in [6.07, 6.45) is 7.81. The zero-order valence-electron chi connectivity index (χ0n) is 3.85. The Kier molecular flexibility index (Phi) is 1.88. The second-order valence-corrected chi connectivity index (χ2v) is 1.90. The molecule has 0 fully saturated rings. The molecule has 2 heteroatoms. The largest absolute Gasteiger partial charge is 0.333 e. The summed E-state index contributed by atoms with van der Waals surface area (Å²) in [5.41, 5.74) is 0. The molecule has 0 aromatic heterocycles. The third-order valence-corrected chi connectivity index (χ3v) is 1.21. The minimum atomic E-state index is 0.931. The molecule has 0 amide bonds. The van der Waals surface area contributed by atoms with Gasteiger partial charge in [0, 0.05) is 6.20 Å². The van der Waals surface area contributed by atoms with E-state index in [1.165, 1.54) is 0 Å². The molecule has 0 unspecified atom stereocenters. The first-order valence-corrected chi connectivity index (χ1v) is 2.99. The Morgan fingerprint density at radius 1 is 1.71 bits per heavy atom. The van der Waals surface area contributed by atoms with Crippen molar-refractivity contribution in [2.45, 2.75) is 6.42 Å². The fourth-order valence-electron chi connectivity index (χ4n) is 0.338. The monoisotopic (exact) mass is 112 g/mol. The zero-order chi connectivity index (χ0) is 4.95. The van der Waals surface area contributed by atoms with E-state index < -0.39 is 0 Å². The van der Waals surface area contributed by atoms with Crippen LogP contribution in [-0.4, -0.2) is 0 Å². The van der Waals surface area contributed by atoms with Crippen LogP contribution in [0.3, 0.4) is 0 Å². The van der Waals surface area contributed by atoms with Crippen molar-refractivity contribution < 1.29 is 0 Å². The van der Waals surface area contributed by atoms with Crippen molar-refractivity contribution in [2.24, 2.45) is 0 Å². The van der Waals surface area contributed by atoms with Crippen LogP contribution in [0.15, 0.2) is 17.7 Å². The van der Waals surface area contributed by atoms with Gasteiger partial charge in [-0.25, -0.2) is 0 Å². The second kappa shape index (κ2) is 2.75. The van der Waals surface area contributed by atoms with Crippen LogP contribution in [0.2, 0.25) is 0 Å². The number of rotatable bonds is 0. The molecule has 1 N–H and O–H groups in total. The van der Waals surface area contributed by atoms with Crippen LogP contribution >= 0.6 is 11.9 Å². The lowest BCUT2D eigenvalue weighted by Crippen LogP contribution is -1.83. The fraction of sp³-hybridized carbons (Fsp3) is 0.200. The summed E-state index contributed by atoms with van der Waals surface area (Å²) in [6.45, 7) is 0. The Morgan fingerprint density at radius 2 is 2.71 bits per heavy atom. The predicted molar refractivity (Wildman–Crippen MR) is 32.3 cm³/mol. The molecule has 0 aromatic rings. The highest BCUT2D eigenvalue weighted by molar-refractivity contribution is 8.00. The molecule has 1 nitrogen and oxygen atoms in total. The minimum absolute atomic E-state index is 0.931. The van der Waals surface area contributed by atoms with Gasteiger partial charge in [-0.1, -0.05) is 6.08 Å². The normalized spacial score (nSPS) is 18.3. The number of hydrogen-bond donors (Lipinski definition) is 1. The minimum Gasteiger partial charge on any atom is -0.333 e. The molecule has 1 aliphatic heterocycles. The highest BCUT2D eigenvalue weighted by atomic mass is 32.2. The molecule has 0 atom stereocenters. The lowest BCUT2D eigenvalue weighted by Gasteiger charge is -1.83. The van der Waals surface area contributed by atoms with Crippen LogP contribution in [0, 0.1) is 6.08 Å². The SMILES string of the molecule is [C]1=CNSC=CC1. The smallest absolute Gasteiger partial charge is 0.0114 e. The van der Waals surface area contributed by atoms with Crippen molar-refractivity contribution in [1.82, 2.24) is 4.72 Å². The van der Waals surface area contributed by atoms with Crippen LogP contribution in [-0.2, 0) is 0 Å². The first-order chi connectivity index (χ1) is 3.50. The average molecular weight is 112 g/mol. The van der Waals surface area contributed by atoms with Gasteiger partial charge in [0.1, 0.15) is 0 Å². The Labute approximate surface area is 47.6 Å². The Bertz CT molecular complexity index is 84.3. The van der Waals surface area contributed by atoms with Crippen molar-refractivity contribution in [3.63, 3.8) is 0 Å². The van der Waals surface area contributed by atoms with Crippen molar-refractivity contribution >= 4 is 11.9 Å². The van der Waals surface area contributed by atoms with E-state index in [0.29, 0.717) is 0 Å². The van der Waals surface area contributed by atoms with Crippen molar-refractivity contribution in [2.75, 3.05) is 0 Å². The van der Waals surface area contributed by atoms with E-state index in [1.54, 1.807) is 11.9 Å². The third kappa shape index (κ3) is 1.69. The molecular weight excluding hydrogens is 106 g/mol. The van der Waals surface area contributed by atoms with Gasteiger partial charge in [0.2, 0.25) is 0 Å². The second-order valence-electron chi connectivity index (χ2n) is 1.16. The Hall–Kier alpha value is -0.370. The number of hydrogen-bond acceptors (Lipinski definition) is 2. The van der Waals surface area contributed by atoms with E-state index in [0.717, 1.165) is 6.42 Å². The average Bonchev–Trinajstić information content (AvgIpc) is 1.90. The van der Waals surface area contributed by atoms with Gasteiger partial charge in [0.15, 0.2) is 0 Å². The van der Waals surface area contributed by atoms with Gasteiger partial charge in [0.25, 0.3) is 0 Å².